The molecule has 0 radical (unpaired) electrons. The molecule has 0 N–H and O–H groups in total. The van der Waals surface area contributed by atoms with Crippen LogP contribution in [0.1, 0.15) is 24.9 Å². The number of hydrogen-bond acceptors (Lipinski definition) is 4. The summed E-state index contributed by atoms with van der Waals surface area (Å²) in [7, 11) is 2.10. The third-order valence-corrected chi connectivity index (χ3v) is 3.06. The third-order valence-electron chi connectivity index (χ3n) is 3.06. The van der Waals surface area contributed by atoms with E-state index in [0.29, 0.717) is 0 Å². The van der Waals surface area contributed by atoms with E-state index in [1.165, 1.54) is 0 Å². The van der Waals surface area contributed by atoms with E-state index in [0.717, 1.165) is 44.1 Å². The van der Waals surface area contributed by atoms with Crippen molar-refractivity contribution in [3.63, 3.8) is 0 Å². The van der Waals surface area contributed by atoms with Gasteiger partial charge >= 0.3 is 0 Å². The molecule has 0 unspecified atom stereocenters. The van der Waals surface area contributed by atoms with Crippen molar-refractivity contribution in [2.24, 2.45) is 0 Å². The van der Waals surface area contributed by atoms with Gasteiger partial charge in [-0.3, -0.25) is 9.58 Å². The molecule has 19 heavy (non-hydrogen) atoms. The minimum Gasteiger partial charge on any atom is -0.317 e. The highest BCUT2D eigenvalue weighted by molar-refractivity contribution is 4.94. The summed E-state index contributed by atoms with van der Waals surface area (Å²) in [6.45, 7) is 7.81. The first kappa shape index (κ1) is 13.7. The zero-order valence-corrected chi connectivity index (χ0v) is 12.0. The van der Waals surface area contributed by atoms with Gasteiger partial charge in [0.15, 0.2) is 0 Å². The fraction of sp³-hybridized carbons (Fsp3) is 0.615. The van der Waals surface area contributed by atoms with Crippen LogP contribution in [0.2, 0.25) is 0 Å². The Labute approximate surface area is 114 Å². The van der Waals surface area contributed by atoms with Crippen molar-refractivity contribution in [2.45, 2.75) is 39.9 Å². The number of hydrogen-bond donors (Lipinski definition) is 0. The van der Waals surface area contributed by atoms with Crippen LogP contribution in [0.5, 0.6) is 0 Å². The Bertz CT molecular complexity index is 501. The monoisotopic (exact) mass is 262 g/mol. The zero-order valence-electron chi connectivity index (χ0n) is 12.0. The molecular weight excluding hydrogens is 240 g/mol. The second kappa shape index (κ2) is 6.47. The van der Waals surface area contributed by atoms with E-state index < -0.39 is 0 Å². The van der Waals surface area contributed by atoms with E-state index in [4.69, 9.17) is 0 Å². The van der Waals surface area contributed by atoms with Crippen LogP contribution in [0.4, 0.5) is 0 Å². The second-order valence-electron chi connectivity index (χ2n) is 4.90. The van der Waals surface area contributed by atoms with Crippen molar-refractivity contribution >= 4 is 0 Å². The summed E-state index contributed by atoms with van der Waals surface area (Å²) >= 11 is 0. The molecule has 0 spiro atoms. The molecule has 0 aliphatic heterocycles. The predicted octanol–water partition coefficient (Wildman–Crippen LogP) is 1.33. The third kappa shape index (κ3) is 3.89. The quantitative estimate of drug-likeness (QED) is 0.755. The van der Waals surface area contributed by atoms with Crippen molar-refractivity contribution in [2.75, 3.05) is 13.6 Å². The SMILES string of the molecule is CCCn1cnnc1CN(C)CCn1ccc(C)n1. The zero-order chi connectivity index (χ0) is 13.7. The van der Waals surface area contributed by atoms with Gasteiger partial charge in [0.2, 0.25) is 0 Å². The first-order valence-corrected chi connectivity index (χ1v) is 6.74. The lowest BCUT2D eigenvalue weighted by molar-refractivity contribution is 0.292. The fourth-order valence-corrected chi connectivity index (χ4v) is 2.01. The van der Waals surface area contributed by atoms with Gasteiger partial charge < -0.3 is 4.57 Å². The Morgan fingerprint density at radius 3 is 2.84 bits per heavy atom. The van der Waals surface area contributed by atoms with Gasteiger partial charge in [-0.15, -0.1) is 10.2 Å². The summed E-state index contributed by atoms with van der Waals surface area (Å²) in [5.41, 5.74) is 1.06. The molecule has 0 aromatic carbocycles. The summed E-state index contributed by atoms with van der Waals surface area (Å²) < 4.78 is 4.09. The topological polar surface area (TPSA) is 51.8 Å². The molecule has 6 heteroatoms. The lowest BCUT2D eigenvalue weighted by Crippen LogP contribution is -2.25. The highest BCUT2D eigenvalue weighted by Gasteiger charge is 2.07. The highest BCUT2D eigenvalue weighted by atomic mass is 15.3. The molecule has 2 aromatic heterocycles. The number of rotatable bonds is 7. The summed E-state index contributed by atoms with van der Waals surface area (Å²) in [6.07, 6.45) is 4.92. The van der Waals surface area contributed by atoms with Gasteiger partial charge in [0.05, 0.1) is 18.8 Å². The van der Waals surface area contributed by atoms with Gasteiger partial charge in [0.25, 0.3) is 0 Å². The lowest BCUT2D eigenvalue weighted by atomic mass is 10.4. The molecule has 0 aliphatic carbocycles. The maximum absolute atomic E-state index is 4.38. The number of aryl methyl sites for hydroxylation is 2. The van der Waals surface area contributed by atoms with E-state index in [1.54, 1.807) is 0 Å². The Balaban J connectivity index is 1.83. The first-order chi connectivity index (χ1) is 9.19. The van der Waals surface area contributed by atoms with Crippen LogP contribution in [0, 0.1) is 6.92 Å². The first-order valence-electron chi connectivity index (χ1n) is 6.74. The molecule has 6 nitrogen and oxygen atoms in total. The Kier molecular flexibility index (Phi) is 4.68. The smallest absolute Gasteiger partial charge is 0.146 e. The maximum Gasteiger partial charge on any atom is 0.146 e. The van der Waals surface area contributed by atoms with Crippen molar-refractivity contribution in [3.8, 4) is 0 Å². The van der Waals surface area contributed by atoms with Crippen LogP contribution >= 0.6 is 0 Å². The number of nitrogens with zero attached hydrogens (tertiary/aromatic N) is 6. The van der Waals surface area contributed by atoms with Gasteiger partial charge in [0.1, 0.15) is 12.2 Å². The van der Waals surface area contributed by atoms with Crippen LogP contribution < -0.4 is 0 Å². The van der Waals surface area contributed by atoms with Crippen LogP contribution in [-0.2, 0) is 19.6 Å². The van der Waals surface area contributed by atoms with Crippen molar-refractivity contribution in [1.29, 1.82) is 0 Å². The molecule has 2 heterocycles. The van der Waals surface area contributed by atoms with Crippen LogP contribution in [-0.4, -0.2) is 43.0 Å². The largest absolute Gasteiger partial charge is 0.317 e. The van der Waals surface area contributed by atoms with Crippen molar-refractivity contribution < 1.29 is 0 Å². The average molecular weight is 262 g/mol. The summed E-state index contributed by atoms with van der Waals surface area (Å²) in [6, 6.07) is 2.03. The molecule has 0 saturated heterocycles. The highest BCUT2D eigenvalue weighted by Crippen LogP contribution is 2.02. The number of likely N-dealkylation sites (N-methyl/N-ethyl adjacent to an activating group) is 1. The molecule has 0 atom stereocenters. The van der Waals surface area contributed by atoms with Crippen molar-refractivity contribution in [1.82, 2.24) is 29.4 Å². The average Bonchev–Trinajstić information content (AvgIpc) is 2.97. The molecule has 0 saturated carbocycles. The van der Waals surface area contributed by atoms with E-state index >= 15 is 0 Å². The predicted molar refractivity (Wildman–Crippen MR) is 73.6 cm³/mol. The molecule has 0 amide bonds. The van der Waals surface area contributed by atoms with Crippen LogP contribution in [0.15, 0.2) is 18.6 Å². The molecule has 0 aliphatic rings. The lowest BCUT2D eigenvalue weighted by Gasteiger charge is -2.16. The summed E-state index contributed by atoms with van der Waals surface area (Å²) in [4.78, 5) is 2.24. The minimum absolute atomic E-state index is 0.820. The van der Waals surface area contributed by atoms with Gasteiger partial charge in [0, 0.05) is 19.3 Å². The Morgan fingerprint density at radius 1 is 1.32 bits per heavy atom. The van der Waals surface area contributed by atoms with E-state index in [9.17, 15) is 0 Å². The molecule has 104 valence electrons. The second-order valence-corrected chi connectivity index (χ2v) is 4.90. The van der Waals surface area contributed by atoms with Gasteiger partial charge in [-0.25, -0.2) is 0 Å². The van der Waals surface area contributed by atoms with E-state index in [1.807, 2.05) is 30.2 Å². The maximum atomic E-state index is 4.38. The molecule has 0 fully saturated rings. The molecule has 2 aromatic rings. The standard InChI is InChI=1S/C13H22N6/c1-4-6-18-11-14-15-13(18)10-17(3)8-9-19-7-5-12(2)16-19/h5,7,11H,4,6,8-10H2,1-3H3. The fourth-order valence-electron chi connectivity index (χ4n) is 2.01. The van der Waals surface area contributed by atoms with Gasteiger partial charge in [-0.1, -0.05) is 6.92 Å². The summed E-state index contributed by atoms with van der Waals surface area (Å²) in [5, 5.41) is 12.6. The van der Waals surface area contributed by atoms with E-state index in [-0.39, 0.29) is 0 Å². The van der Waals surface area contributed by atoms with Crippen LogP contribution in [0.25, 0.3) is 0 Å². The molecule has 2 rings (SSSR count). The van der Waals surface area contributed by atoms with Crippen LogP contribution in [0.3, 0.4) is 0 Å². The van der Waals surface area contributed by atoms with Crippen molar-refractivity contribution in [3.05, 3.63) is 30.1 Å². The molecule has 0 bridgehead atoms. The number of aromatic nitrogens is 5. The van der Waals surface area contributed by atoms with E-state index in [2.05, 4.69) is 38.7 Å². The summed E-state index contributed by atoms with van der Waals surface area (Å²) in [5.74, 6) is 1.03. The van der Waals surface area contributed by atoms with Gasteiger partial charge in [-0.2, -0.15) is 5.10 Å². The molecular formula is C13H22N6. The Hall–Kier alpha value is -1.69. The Morgan fingerprint density at radius 2 is 2.16 bits per heavy atom. The normalized spacial score (nSPS) is 11.4. The minimum atomic E-state index is 0.820. The van der Waals surface area contributed by atoms with Gasteiger partial charge in [-0.05, 0) is 26.5 Å².